The van der Waals surface area contributed by atoms with Gasteiger partial charge in [0.05, 0.1) is 17.1 Å². The lowest BCUT2D eigenvalue weighted by molar-refractivity contribution is 0.0949. The van der Waals surface area contributed by atoms with E-state index in [0.717, 1.165) is 0 Å². The highest BCUT2D eigenvalue weighted by Crippen LogP contribution is 2.20. The minimum atomic E-state index is -0.421. The Balaban J connectivity index is 2.07. The Morgan fingerprint density at radius 3 is 3.06 bits per heavy atom. The summed E-state index contributed by atoms with van der Waals surface area (Å²) in [6, 6.07) is 4.13. The SMILES string of the molecule is O=C(NCc1ncon1)c1cc(O)ccc1Cl. The Morgan fingerprint density at radius 1 is 1.53 bits per heavy atom. The number of carbonyl (C=O) groups is 1. The first-order chi connectivity index (χ1) is 8.16. The first-order valence-corrected chi connectivity index (χ1v) is 5.06. The van der Waals surface area contributed by atoms with Crippen LogP contribution in [0.25, 0.3) is 0 Å². The highest BCUT2D eigenvalue weighted by molar-refractivity contribution is 6.33. The maximum Gasteiger partial charge on any atom is 0.253 e. The van der Waals surface area contributed by atoms with Crippen LogP contribution in [-0.4, -0.2) is 21.2 Å². The fourth-order valence-electron chi connectivity index (χ4n) is 1.21. The topological polar surface area (TPSA) is 88.3 Å². The van der Waals surface area contributed by atoms with Crippen molar-refractivity contribution in [3.05, 3.63) is 41.0 Å². The molecule has 0 spiro atoms. The van der Waals surface area contributed by atoms with Gasteiger partial charge in [-0.2, -0.15) is 4.98 Å². The van der Waals surface area contributed by atoms with Gasteiger partial charge in [-0.15, -0.1) is 0 Å². The van der Waals surface area contributed by atoms with E-state index in [2.05, 4.69) is 20.0 Å². The summed E-state index contributed by atoms with van der Waals surface area (Å²) in [6.07, 6.45) is 1.17. The molecule has 1 aromatic heterocycles. The number of hydrogen-bond donors (Lipinski definition) is 2. The van der Waals surface area contributed by atoms with Gasteiger partial charge in [-0.25, -0.2) is 0 Å². The van der Waals surface area contributed by atoms with Crippen molar-refractivity contribution in [3.63, 3.8) is 0 Å². The molecule has 2 aromatic rings. The number of aromatic hydroxyl groups is 1. The van der Waals surface area contributed by atoms with Crippen LogP contribution in [0, 0.1) is 0 Å². The van der Waals surface area contributed by atoms with Gasteiger partial charge in [-0.1, -0.05) is 16.8 Å². The first kappa shape index (κ1) is 11.4. The van der Waals surface area contributed by atoms with Crippen molar-refractivity contribution in [3.8, 4) is 5.75 Å². The summed E-state index contributed by atoms with van der Waals surface area (Å²) < 4.78 is 4.52. The molecule has 0 aliphatic heterocycles. The van der Waals surface area contributed by atoms with E-state index in [4.69, 9.17) is 11.6 Å². The molecule has 0 saturated heterocycles. The third-order valence-corrected chi connectivity index (χ3v) is 2.34. The predicted molar refractivity (Wildman–Crippen MR) is 58.6 cm³/mol. The standard InChI is InChI=1S/C10H8ClN3O3/c11-8-2-1-6(15)3-7(8)10(16)12-4-9-13-5-17-14-9/h1-3,5,15H,4H2,(H,12,16). The van der Waals surface area contributed by atoms with E-state index in [-0.39, 0.29) is 22.9 Å². The fraction of sp³-hybridized carbons (Fsp3) is 0.100. The van der Waals surface area contributed by atoms with Gasteiger partial charge < -0.3 is 14.9 Å². The minimum absolute atomic E-state index is 0.0286. The lowest BCUT2D eigenvalue weighted by Gasteiger charge is -2.05. The van der Waals surface area contributed by atoms with Gasteiger partial charge in [0.25, 0.3) is 5.91 Å². The third kappa shape index (κ3) is 2.73. The Bertz CT molecular complexity index is 528. The highest BCUT2D eigenvalue weighted by Gasteiger charge is 2.11. The lowest BCUT2D eigenvalue weighted by atomic mass is 10.2. The van der Waals surface area contributed by atoms with Gasteiger partial charge in [-0.3, -0.25) is 4.79 Å². The van der Waals surface area contributed by atoms with Crippen LogP contribution in [0.5, 0.6) is 5.75 Å². The molecule has 2 N–H and O–H groups in total. The summed E-state index contributed by atoms with van der Waals surface area (Å²) in [7, 11) is 0. The number of aromatic nitrogens is 2. The maximum atomic E-state index is 11.7. The molecule has 0 unspecified atom stereocenters. The van der Waals surface area contributed by atoms with E-state index in [1.165, 1.54) is 24.6 Å². The zero-order chi connectivity index (χ0) is 12.3. The number of nitrogens with one attached hydrogen (secondary N) is 1. The fourth-order valence-corrected chi connectivity index (χ4v) is 1.42. The summed E-state index contributed by atoms with van der Waals surface area (Å²) in [5.74, 6) is -0.0931. The van der Waals surface area contributed by atoms with Gasteiger partial charge in [0.15, 0.2) is 5.82 Å². The molecular weight excluding hydrogens is 246 g/mol. The number of benzene rings is 1. The molecule has 0 radical (unpaired) electrons. The molecule has 0 aliphatic carbocycles. The number of rotatable bonds is 3. The monoisotopic (exact) mass is 253 g/mol. The largest absolute Gasteiger partial charge is 0.508 e. The van der Waals surface area contributed by atoms with Crippen LogP contribution in [0.1, 0.15) is 16.2 Å². The molecule has 0 bridgehead atoms. The molecule has 1 heterocycles. The number of carbonyl (C=O) groups excluding carboxylic acids is 1. The molecular formula is C10H8ClN3O3. The van der Waals surface area contributed by atoms with Crippen LogP contribution in [0.15, 0.2) is 29.1 Å². The average Bonchev–Trinajstić information content (AvgIpc) is 2.82. The summed E-state index contributed by atoms with van der Waals surface area (Å²) in [5, 5.41) is 15.6. The van der Waals surface area contributed by atoms with E-state index >= 15 is 0 Å². The van der Waals surface area contributed by atoms with E-state index in [0.29, 0.717) is 5.82 Å². The Morgan fingerprint density at radius 2 is 2.35 bits per heavy atom. The molecule has 7 heteroatoms. The third-order valence-electron chi connectivity index (χ3n) is 2.01. The Labute approximate surface area is 101 Å². The van der Waals surface area contributed by atoms with Crippen molar-refractivity contribution in [2.45, 2.75) is 6.54 Å². The van der Waals surface area contributed by atoms with Crippen molar-refractivity contribution >= 4 is 17.5 Å². The van der Waals surface area contributed by atoms with Gasteiger partial charge in [-0.05, 0) is 18.2 Å². The van der Waals surface area contributed by atoms with Crippen LogP contribution >= 0.6 is 11.6 Å². The van der Waals surface area contributed by atoms with Gasteiger partial charge in [0, 0.05) is 0 Å². The molecule has 6 nitrogen and oxygen atoms in total. The molecule has 0 atom stereocenters. The second-order valence-corrected chi connectivity index (χ2v) is 3.60. The van der Waals surface area contributed by atoms with Gasteiger partial charge >= 0.3 is 0 Å². The van der Waals surface area contributed by atoms with Crippen molar-refractivity contribution in [2.24, 2.45) is 0 Å². The quantitative estimate of drug-likeness (QED) is 0.862. The van der Waals surface area contributed by atoms with Crippen molar-refractivity contribution in [1.82, 2.24) is 15.5 Å². The summed E-state index contributed by atoms with van der Waals surface area (Å²) >= 11 is 5.83. The predicted octanol–water partition coefficient (Wildman–Crippen LogP) is 1.36. The van der Waals surface area contributed by atoms with Crippen LogP contribution in [0.2, 0.25) is 5.02 Å². The van der Waals surface area contributed by atoms with Gasteiger partial charge in [0.1, 0.15) is 5.75 Å². The summed E-state index contributed by atoms with van der Waals surface area (Å²) in [4.78, 5) is 15.5. The molecule has 1 amide bonds. The van der Waals surface area contributed by atoms with E-state index in [1.54, 1.807) is 0 Å². The summed E-state index contributed by atoms with van der Waals surface area (Å²) in [5.41, 5.74) is 0.190. The first-order valence-electron chi connectivity index (χ1n) is 4.69. The molecule has 0 aliphatic rings. The van der Waals surface area contributed by atoms with E-state index in [9.17, 15) is 9.90 Å². The number of amides is 1. The Hall–Kier alpha value is -2.08. The molecule has 2 rings (SSSR count). The van der Waals surface area contributed by atoms with Gasteiger partial charge in [0.2, 0.25) is 6.39 Å². The Kier molecular flexibility index (Phi) is 3.24. The maximum absolute atomic E-state index is 11.7. The molecule has 0 saturated carbocycles. The number of phenolic OH excluding ortho intramolecular Hbond substituents is 1. The molecule has 0 fully saturated rings. The normalized spacial score (nSPS) is 10.2. The number of phenols is 1. The van der Waals surface area contributed by atoms with Crippen molar-refractivity contribution in [2.75, 3.05) is 0 Å². The zero-order valence-corrected chi connectivity index (χ0v) is 9.31. The zero-order valence-electron chi connectivity index (χ0n) is 8.55. The lowest BCUT2D eigenvalue weighted by Crippen LogP contribution is -2.23. The van der Waals surface area contributed by atoms with E-state index < -0.39 is 5.91 Å². The van der Waals surface area contributed by atoms with Crippen LogP contribution < -0.4 is 5.32 Å². The van der Waals surface area contributed by atoms with Crippen molar-refractivity contribution < 1.29 is 14.4 Å². The highest BCUT2D eigenvalue weighted by atomic mass is 35.5. The minimum Gasteiger partial charge on any atom is -0.508 e. The van der Waals surface area contributed by atoms with Crippen LogP contribution in [0.3, 0.4) is 0 Å². The van der Waals surface area contributed by atoms with Crippen molar-refractivity contribution in [1.29, 1.82) is 0 Å². The number of nitrogens with zero attached hydrogens (tertiary/aromatic N) is 2. The molecule has 88 valence electrons. The second kappa shape index (κ2) is 4.84. The van der Waals surface area contributed by atoms with Crippen LogP contribution in [0.4, 0.5) is 0 Å². The molecule has 17 heavy (non-hydrogen) atoms. The number of halogens is 1. The van der Waals surface area contributed by atoms with Crippen LogP contribution in [-0.2, 0) is 6.54 Å². The molecule has 1 aromatic carbocycles. The summed E-state index contributed by atoms with van der Waals surface area (Å²) in [6.45, 7) is 0.126. The smallest absolute Gasteiger partial charge is 0.253 e. The average molecular weight is 254 g/mol. The number of hydrogen-bond acceptors (Lipinski definition) is 5. The van der Waals surface area contributed by atoms with E-state index in [1.807, 2.05) is 0 Å². The second-order valence-electron chi connectivity index (χ2n) is 3.19.